The highest BCUT2D eigenvalue weighted by Gasteiger charge is 2.22. The fraction of sp³-hybridized carbons (Fsp3) is 0.769. The minimum absolute atomic E-state index is 0.0495. The molecule has 1 amide bonds. The van der Waals surface area contributed by atoms with Crippen LogP contribution in [-0.4, -0.2) is 20.7 Å². The van der Waals surface area contributed by atoms with Crippen molar-refractivity contribution in [3.05, 3.63) is 11.6 Å². The summed E-state index contributed by atoms with van der Waals surface area (Å²) in [6, 6.07) is 0. The Hall–Kier alpha value is -1.39. The topological polar surface area (TPSA) is 59.8 Å². The van der Waals surface area contributed by atoms with E-state index in [0.717, 1.165) is 24.6 Å². The normalized spacial score (nSPS) is 15.9. The Morgan fingerprint density at radius 2 is 2.06 bits per heavy atom. The average molecular weight is 250 g/mol. The lowest BCUT2D eigenvalue weighted by Crippen LogP contribution is -2.35. The maximum atomic E-state index is 11.8. The van der Waals surface area contributed by atoms with E-state index < -0.39 is 0 Å². The van der Waals surface area contributed by atoms with E-state index in [4.69, 9.17) is 0 Å². The molecule has 2 rings (SSSR count). The standard InChI is InChI=1S/C13H22N4O/c1-13(2,3)12(18)14-9-11-16-15-10-7-5-4-6-8-17(10)11/h4-9H2,1-3H3,(H,14,18). The van der Waals surface area contributed by atoms with E-state index in [-0.39, 0.29) is 11.3 Å². The maximum absolute atomic E-state index is 11.8. The molecule has 100 valence electrons. The maximum Gasteiger partial charge on any atom is 0.225 e. The number of carbonyl (C=O) groups is 1. The minimum Gasteiger partial charge on any atom is -0.348 e. The number of amides is 1. The zero-order valence-electron chi connectivity index (χ0n) is 11.5. The number of carbonyl (C=O) groups excluding carboxylic acids is 1. The summed E-state index contributed by atoms with van der Waals surface area (Å²) in [4.78, 5) is 11.8. The second kappa shape index (κ2) is 5.08. The summed E-state index contributed by atoms with van der Waals surface area (Å²) in [6.45, 7) is 7.18. The second-order valence-electron chi connectivity index (χ2n) is 5.93. The van der Waals surface area contributed by atoms with E-state index in [1.54, 1.807) is 0 Å². The monoisotopic (exact) mass is 250 g/mol. The number of fused-ring (bicyclic) bond motifs is 1. The van der Waals surface area contributed by atoms with Gasteiger partial charge in [-0.2, -0.15) is 0 Å². The van der Waals surface area contributed by atoms with Crippen LogP contribution in [0.4, 0.5) is 0 Å². The highest BCUT2D eigenvalue weighted by Crippen LogP contribution is 2.15. The molecule has 0 unspecified atom stereocenters. The van der Waals surface area contributed by atoms with Crippen molar-refractivity contribution >= 4 is 5.91 Å². The van der Waals surface area contributed by atoms with Gasteiger partial charge in [0.05, 0.1) is 6.54 Å². The predicted octanol–water partition coefficient (Wildman–Crippen LogP) is 1.67. The van der Waals surface area contributed by atoms with Crippen LogP contribution in [0.25, 0.3) is 0 Å². The molecule has 0 aliphatic carbocycles. The van der Waals surface area contributed by atoms with Gasteiger partial charge in [-0.05, 0) is 12.8 Å². The molecular weight excluding hydrogens is 228 g/mol. The van der Waals surface area contributed by atoms with Gasteiger partial charge in [0.2, 0.25) is 5.91 Å². The Morgan fingerprint density at radius 1 is 1.28 bits per heavy atom. The third kappa shape index (κ3) is 2.89. The summed E-state index contributed by atoms with van der Waals surface area (Å²) in [6.07, 6.45) is 4.61. The van der Waals surface area contributed by atoms with E-state index >= 15 is 0 Å². The lowest BCUT2D eigenvalue weighted by molar-refractivity contribution is -0.128. The summed E-state index contributed by atoms with van der Waals surface area (Å²) < 4.78 is 2.16. The van der Waals surface area contributed by atoms with Crippen molar-refractivity contribution in [2.45, 2.75) is 59.5 Å². The number of nitrogens with zero attached hydrogens (tertiary/aromatic N) is 3. The summed E-state index contributed by atoms with van der Waals surface area (Å²) in [5.41, 5.74) is -0.359. The van der Waals surface area contributed by atoms with Crippen molar-refractivity contribution in [1.82, 2.24) is 20.1 Å². The zero-order chi connectivity index (χ0) is 13.2. The molecule has 5 heteroatoms. The summed E-state index contributed by atoms with van der Waals surface area (Å²) in [5.74, 6) is 1.99. The molecule has 0 atom stereocenters. The van der Waals surface area contributed by atoms with E-state index in [1.165, 1.54) is 19.3 Å². The van der Waals surface area contributed by atoms with Crippen molar-refractivity contribution < 1.29 is 4.79 Å². The second-order valence-corrected chi connectivity index (χ2v) is 5.93. The van der Waals surface area contributed by atoms with Crippen molar-refractivity contribution in [2.24, 2.45) is 5.41 Å². The summed E-state index contributed by atoms with van der Waals surface area (Å²) >= 11 is 0. The van der Waals surface area contributed by atoms with Crippen LogP contribution in [-0.2, 0) is 24.3 Å². The van der Waals surface area contributed by atoms with Crippen molar-refractivity contribution in [2.75, 3.05) is 0 Å². The third-order valence-corrected chi connectivity index (χ3v) is 3.27. The van der Waals surface area contributed by atoms with Crippen LogP contribution in [0.2, 0.25) is 0 Å². The van der Waals surface area contributed by atoms with Crippen molar-refractivity contribution in [3.8, 4) is 0 Å². The third-order valence-electron chi connectivity index (χ3n) is 3.27. The van der Waals surface area contributed by atoms with Crippen molar-refractivity contribution in [3.63, 3.8) is 0 Å². The molecule has 18 heavy (non-hydrogen) atoms. The molecule has 5 nitrogen and oxygen atoms in total. The number of nitrogens with one attached hydrogen (secondary N) is 1. The molecule has 2 heterocycles. The number of hydrogen-bond acceptors (Lipinski definition) is 3. The number of aryl methyl sites for hydroxylation is 1. The first-order chi connectivity index (χ1) is 8.48. The van der Waals surface area contributed by atoms with Crippen LogP contribution in [0.5, 0.6) is 0 Å². The molecule has 0 aromatic carbocycles. The van der Waals surface area contributed by atoms with Gasteiger partial charge in [-0.25, -0.2) is 0 Å². The minimum atomic E-state index is -0.359. The molecule has 0 saturated carbocycles. The van der Waals surface area contributed by atoms with E-state index in [9.17, 15) is 4.79 Å². The number of aromatic nitrogens is 3. The first-order valence-electron chi connectivity index (χ1n) is 6.68. The largest absolute Gasteiger partial charge is 0.348 e. The van der Waals surface area contributed by atoms with Crippen LogP contribution in [0, 0.1) is 5.41 Å². The molecule has 1 aliphatic rings. The Kier molecular flexibility index (Phi) is 3.68. The van der Waals surface area contributed by atoms with Crippen LogP contribution in [0.15, 0.2) is 0 Å². The predicted molar refractivity (Wildman–Crippen MR) is 68.9 cm³/mol. The molecular formula is C13H22N4O. The fourth-order valence-electron chi connectivity index (χ4n) is 2.10. The fourth-order valence-corrected chi connectivity index (χ4v) is 2.10. The molecule has 0 bridgehead atoms. The van der Waals surface area contributed by atoms with E-state index in [1.807, 2.05) is 20.8 Å². The molecule has 0 spiro atoms. The van der Waals surface area contributed by atoms with Crippen LogP contribution in [0.3, 0.4) is 0 Å². The molecule has 0 saturated heterocycles. The van der Waals surface area contributed by atoms with Gasteiger partial charge in [0.1, 0.15) is 5.82 Å². The van der Waals surface area contributed by atoms with Crippen LogP contribution >= 0.6 is 0 Å². The van der Waals surface area contributed by atoms with Gasteiger partial charge in [-0.15, -0.1) is 10.2 Å². The molecule has 1 aromatic rings. The first kappa shape index (κ1) is 13.1. The Labute approximate surface area is 108 Å². The van der Waals surface area contributed by atoms with Gasteiger partial charge in [0, 0.05) is 18.4 Å². The van der Waals surface area contributed by atoms with Gasteiger partial charge in [0.25, 0.3) is 0 Å². The van der Waals surface area contributed by atoms with Crippen LogP contribution in [0.1, 0.15) is 51.7 Å². The molecule has 0 fully saturated rings. The van der Waals surface area contributed by atoms with E-state index in [2.05, 4.69) is 20.1 Å². The van der Waals surface area contributed by atoms with Gasteiger partial charge in [-0.1, -0.05) is 27.2 Å². The SMILES string of the molecule is CC(C)(C)C(=O)NCc1nnc2n1CCCCC2. The number of rotatable bonds is 2. The Balaban J connectivity index is 2.02. The highest BCUT2D eigenvalue weighted by molar-refractivity contribution is 5.81. The lowest BCUT2D eigenvalue weighted by Gasteiger charge is -2.17. The van der Waals surface area contributed by atoms with Gasteiger partial charge < -0.3 is 9.88 Å². The molecule has 1 aromatic heterocycles. The van der Waals surface area contributed by atoms with Crippen molar-refractivity contribution in [1.29, 1.82) is 0 Å². The Morgan fingerprint density at radius 3 is 2.78 bits per heavy atom. The lowest BCUT2D eigenvalue weighted by atomic mass is 9.96. The first-order valence-corrected chi connectivity index (χ1v) is 6.68. The van der Waals surface area contributed by atoms with Gasteiger partial charge in [0.15, 0.2) is 5.82 Å². The molecule has 1 N–H and O–H groups in total. The molecule has 0 radical (unpaired) electrons. The number of hydrogen-bond donors (Lipinski definition) is 1. The quantitative estimate of drug-likeness (QED) is 0.868. The highest BCUT2D eigenvalue weighted by atomic mass is 16.2. The Bertz CT molecular complexity index is 431. The summed E-state index contributed by atoms with van der Waals surface area (Å²) in [7, 11) is 0. The van der Waals surface area contributed by atoms with Gasteiger partial charge in [-0.3, -0.25) is 4.79 Å². The van der Waals surface area contributed by atoms with E-state index in [0.29, 0.717) is 6.54 Å². The smallest absolute Gasteiger partial charge is 0.225 e. The average Bonchev–Trinajstić information content (AvgIpc) is 2.53. The molecule has 1 aliphatic heterocycles. The van der Waals surface area contributed by atoms with Gasteiger partial charge >= 0.3 is 0 Å². The zero-order valence-corrected chi connectivity index (χ0v) is 11.5. The summed E-state index contributed by atoms with van der Waals surface area (Å²) in [5, 5.41) is 11.3. The van der Waals surface area contributed by atoms with Crippen LogP contribution < -0.4 is 5.32 Å².